The van der Waals surface area contributed by atoms with Crippen molar-refractivity contribution in [2.75, 3.05) is 0 Å². The highest BCUT2D eigenvalue weighted by Crippen LogP contribution is 2.23. The molecule has 0 aliphatic heterocycles. The van der Waals surface area contributed by atoms with Crippen molar-refractivity contribution in [2.24, 2.45) is 5.84 Å². The summed E-state index contributed by atoms with van der Waals surface area (Å²) in [6.45, 7) is 3.71. The summed E-state index contributed by atoms with van der Waals surface area (Å²) in [5, 5.41) is 0.668. The summed E-state index contributed by atoms with van der Waals surface area (Å²) in [4.78, 5) is 4.27. The topological polar surface area (TPSA) is 50.9 Å². The zero-order valence-corrected chi connectivity index (χ0v) is 10.8. The van der Waals surface area contributed by atoms with E-state index in [9.17, 15) is 0 Å². The second-order valence-corrected chi connectivity index (χ2v) is 4.42. The minimum Gasteiger partial charge on any atom is -0.271 e. The van der Waals surface area contributed by atoms with Crippen LogP contribution in [0.4, 0.5) is 0 Å². The zero-order chi connectivity index (χ0) is 12.5. The molecule has 0 aliphatic carbocycles. The zero-order valence-electron chi connectivity index (χ0n) is 10.0. The second kappa shape index (κ2) is 8.23. The first-order valence-electron chi connectivity index (χ1n) is 5.97. The molecule has 0 saturated heterocycles. The lowest BCUT2D eigenvalue weighted by molar-refractivity contribution is 0.474. The van der Waals surface area contributed by atoms with Crippen LogP contribution in [0.25, 0.3) is 0 Å². The molecule has 0 spiro atoms. The Kier molecular flexibility index (Phi) is 6.86. The Labute approximate surface area is 108 Å². The summed E-state index contributed by atoms with van der Waals surface area (Å²) < 4.78 is 0. The SMILES string of the molecule is C=CCCCCCC(NN)c1ncccc1Cl. The number of pyridine rings is 1. The van der Waals surface area contributed by atoms with E-state index in [4.69, 9.17) is 17.4 Å². The number of hydrogen-bond acceptors (Lipinski definition) is 3. The second-order valence-electron chi connectivity index (χ2n) is 4.02. The normalized spacial score (nSPS) is 12.4. The first-order chi connectivity index (χ1) is 8.29. The first-order valence-corrected chi connectivity index (χ1v) is 6.34. The van der Waals surface area contributed by atoms with Crippen molar-refractivity contribution in [3.63, 3.8) is 0 Å². The first kappa shape index (κ1) is 14.2. The molecule has 1 heterocycles. The van der Waals surface area contributed by atoms with E-state index < -0.39 is 0 Å². The Balaban J connectivity index is 2.43. The minimum absolute atomic E-state index is 0.0347. The number of halogens is 1. The molecule has 0 aromatic carbocycles. The predicted octanol–water partition coefficient (Wildman–Crippen LogP) is 3.38. The van der Waals surface area contributed by atoms with Crippen molar-refractivity contribution < 1.29 is 0 Å². The van der Waals surface area contributed by atoms with Crippen LogP contribution in [0.5, 0.6) is 0 Å². The molecular weight excluding hydrogens is 234 g/mol. The van der Waals surface area contributed by atoms with Crippen LogP contribution >= 0.6 is 11.6 Å². The molecule has 17 heavy (non-hydrogen) atoms. The largest absolute Gasteiger partial charge is 0.271 e. The number of nitrogens with one attached hydrogen (secondary N) is 1. The molecule has 0 radical (unpaired) electrons. The van der Waals surface area contributed by atoms with E-state index in [-0.39, 0.29) is 6.04 Å². The van der Waals surface area contributed by atoms with Gasteiger partial charge in [-0.2, -0.15) is 0 Å². The van der Waals surface area contributed by atoms with E-state index in [1.165, 1.54) is 12.8 Å². The Morgan fingerprint density at radius 1 is 1.47 bits per heavy atom. The standard InChI is InChI=1S/C13H20ClN3/c1-2-3-4-5-6-9-12(17-15)13-11(14)8-7-10-16-13/h2,7-8,10,12,17H,1,3-6,9,15H2. The number of allylic oxidation sites excluding steroid dienone is 1. The van der Waals surface area contributed by atoms with Gasteiger partial charge in [0.25, 0.3) is 0 Å². The summed E-state index contributed by atoms with van der Waals surface area (Å²) >= 11 is 6.09. The van der Waals surface area contributed by atoms with Gasteiger partial charge >= 0.3 is 0 Å². The molecule has 0 fully saturated rings. The van der Waals surface area contributed by atoms with Crippen LogP contribution in [-0.4, -0.2) is 4.98 Å². The minimum atomic E-state index is 0.0347. The van der Waals surface area contributed by atoms with Crippen LogP contribution in [0, 0.1) is 0 Å². The number of unbranched alkanes of at least 4 members (excludes halogenated alkanes) is 3. The van der Waals surface area contributed by atoms with Crippen molar-refractivity contribution in [3.8, 4) is 0 Å². The van der Waals surface area contributed by atoms with Crippen LogP contribution in [0.15, 0.2) is 31.0 Å². The van der Waals surface area contributed by atoms with Gasteiger partial charge in [0, 0.05) is 6.20 Å². The van der Waals surface area contributed by atoms with Gasteiger partial charge in [0.15, 0.2) is 0 Å². The van der Waals surface area contributed by atoms with Crippen molar-refractivity contribution in [2.45, 2.75) is 38.1 Å². The van der Waals surface area contributed by atoms with Crippen LogP contribution in [-0.2, 0) is 0 Å². The molecule has 3 N–H and O–H groups in total. The van der Waals surface area contributed by atoms with Gasteiger partial charge in [0.1, 0.15) is 0 Å². The van der Waals surface area contributed by atoms with E-state index in [1.807, 2.05) is 18.2 Å². The van der Waals surface area contributed by atoms with Gasteiger partial charge in [-0.05, 0) is 31.4 Å². The number of nitrogens with zero attached hydrogens (tertiary/aromatic N) is 1. The highest BCUT2D eigenvalue weighted by atomic mass is 35.5. The Morgan fingerprint density at radius 2 is 2.29 bits per heavy atom. The number of hydrazine groups is 1. The van der Waals surface area contributed by atoms with Gasteiger partial charge < -0.3 is 0 Å². The summed E-state index contributed by atoms with van der Waals surface area (Å²) in [6.07, 6.45) is 9.17. The number of aromatic nitrogens is 1. The average molecular weight is 254 g/mol. The molecule has 0 amide bonds. The highest BCUT2D eigenvalue weighted by molar-refractivity contribution is 6.31. The summed E-state index contributed by atoms with van der Waals surface area (Å²) in [6, 6.07) is 3.70. The van der Waals surface area contributed by atoms with Crippen molar-refractivity contribution >= 4 is 11.6 Å². The lowest BCUT2D eigenvalue weighted by Crippen LogP contribution is -2.28. The van der Waals surface area contributed by atoms with Crippen molar-refractivity contribution in [1.29, 1.82) is 0 Å². The Hall–Kier alpha value is -0.900. The van der Waals surface area contributed by atoms with E-state index in [2.05, 4.69) is 17.0 Å². The molecule has 1 aromatic rings. The lowest BCUT2D eigenvalue weighted by atomic mass is 10.0. The molecule has 4 heteroatoms. The molecule has 1 unspecified atom stereocenters. The Morgan fingerprint density at radius 3 is 2.94 bits per heavy atom. The van der Waals surface area contributed by atoms with E-state index in [1.54, 1.807) is 6.20 Å². The molecular formula is C13H20ClN3. The summed E-state index contributed by atoms with van der Waals surface area (Å²) in [7, 11) is 0. The number of nitrogens with two attached hydrogens (primary N) is 1. The molecule has 0 aliphatic rings. The van der Waals surface area contributed by atoms with Gasteiger partial charge in [-0.25, -0.2) is 0 Å². The number of rotatable bonds is 8. The fourth-order valence-corrected chi connectivity index (χ4v) is 2.02. The van der Waals surface area contributed by atoms with Crippen LogP contribution in [0.1, 0.15) is 43.8 Å². The number of hydrogen-bond donors (Lipinski definition) is 2. The maximum Gasteiger partial charge on any atom is 0.0772 e. The average Bonchev–Trinajstić information content (AvgIpc) is 2.35. The van der Waals surface area contributed by atoms with E-state index in [0.29, 0.717) is 5.02 Å². The molecule has 0 saturated carbocycles. The summed E-state index contributed by atoms with van der Waals surface area (Å²) in [5.41, 5.74) is 3.62. The lowest BCUT2D eigenvalue weighted by Gasteiger charge is -2.16. The van der Waals surface area contributed by atoms with E-state index in [0.717, 1.165) is 25.0 Å². The maximum absolute atomic E-state index is 6.09. The molecule has 1 atom stereocenters. The van der Waals surface area contributed by atoms with Gasteiger partial charge in [0.2, 0.25) is 0 Å². The third-order valence-corrected chi connectivity index (χ3v) is 3.04. The molecule has 94 valence electrons. The fraction of sp³-hybridized carbons (Fsp3) is 0.462. The highest BCUT2D eigenvalue weighted by Gasteiger charge is 2.13. The molecule has 3 nitrogen and oxygen atoms in total. The third-order valence-electron chi connectivity index (χ3n) is 2.72. The quantitative estimate of drug-likeness (QED) is 0.323. The van der Waals surface area contributed by atoms with Crippen molar-refractivity contribution in [3.05, 3.63) is 41.7 Å². The summed E-state index contributed by atoms with van der Waals surface area (Å²) in [5.74, 6) is 5.55. The predicted molar refractivity (Wildman–Crippen MR) is 72.6 cm³/mol. The molecule has 1 rings (SSSR count). The van der Waals surface area contributed by atoms with Crippen LogP contribution in [0.3, 0.4) is 0 Å². The van der Waals surface area contributed by atoms with Crippen LogP contribution in [0.2, 0.25) is 5.02 Å². The molecule has 0 bridgehead atoms. The van der Waals surface area contributed by atoms with Gasteiger partial charge in [-0.3, -0.25) is 16.3 Å². The van der Waals surface area contributed by atoms with Gasteiger partial charge in [-0.15, -0.1) is 6.58 Å². The fourth-order valence-electron chi connectivity index (χ4n) is 1.77. The maximum atomic E-state index is 6.09. The van der Waals surface area contributed by atoms with E-state index >= 15 is 0 Å². The van der Waals surface area contributed by atoms with Crippen molar-refractivity contribution in [1.82, 2.24) is 10.4 Å². The van der Waals surface area contributed by atoms with Gasteiger partial charge in [-0.1, -0.05) is 30.5 Å². The van der Waals surface area contributed by atoms with Crippen LogP contribution < -0.4 is 11.3 Å². The Bertz CT molecular complexity index is 341. The third kappa shape index (κ3) is 4.86. The smallest absolute Gasteiger partial charge is 0.0772 e. The monoisotopic (exact) mass is 253 g/mol. The van der Waals surface area contributed by atoms with Gasteiger partial charge in [0.05, 0.1) is 16.8 Å². The molecule has 1 aromatic heterocycles.